The van der Waals surface area contributed by atoms with Gasteiger partial charge in [0.15, 0.2) is 0 Å². The fourth-order valence-corrected chi connectivity index (χ4v) is 4.25. The Morgan fingerprint density at radius 3 is 3.12 bits per heavy atom. The monoisotopic (exact) mass is 342 g/mol. The van der Waals surface area contributed by atoms with E-state index < -0.39 is 0 Å². The summed E-state index contributed by atoms with van der Waals surface area (Å²) >= 11 is 1.72. The highest BCUT2D eigenvalue weighted by Crippen LogP contribution is 2.36. The van der Waals surface area contributed by atoms with E-state index in [-0.39, 0.29) is 11.9 Å². The number of aromatic nitrogens is 2. The lowest BCUT2D eigenvalue weighted by Crippen LogP contribution is -2.32. The lowest BCUT2D eigenvalue weighted by molar-refractivity contribution is -0.117. The molecular formula is C17H18N4O2S. The van der Waals surface area contributed by atoms with Crippen LogP contribution in [-0.4, -0.2) is 34.0 Å². The molecule has 0 aliphatic carbocycles. The highest BCUT2D eigenvalue weighted by atomic mass is 32.1. The number of amides is 1. The predicted molar refractivity (Wildman–Crippen MR) is 93.0 cm³/mol. The average Bonchev–Trinajstić information content (AvgIpc) is 3.26. The predicted octanol–water partition coefficient (Wildman–Crippen LogP) is 3.37. The topological polar surface area (TPSA) is 71.3 Å². The molecule has 1 aromatic carbocycles. The maximum absolute atomic E-state index is 12.3. The number of rotatable bonds is 4. The Morgan fingerprint density at radius 1 is 1.46 bits per heavy atom. The van der Waals surface area contributed by atoms with E-state index in [1.165, 1.54) is 4.70 Å². The lowest BCUT2D eigenvalue weighted by Gasteiger charge is -2.21. The van der Waals surface area contributed by atoms with Crippen molar-refractivity contribution in [1.29, 1.82) is 0 Å². The summed E-state index contributed by atoms with van der Waals surface area (Å²) in [5.74, 6) is 0.312. The molecule has 0 radical (unpaired) electrons. The van der Waals surface area contributed by atoms with Crippen LogP contribution in [0.15, 0.2) is 34.9 Å². The summed E-state index contributed by atoms with van der Waals surface area (Å²) < 4.78 is 6.24. The van der Waals surface area contributed by atoms with Crippen molar-refractivity contribution in [2.45, 2.75) is 25.8 Å². The van der Waals surface area contributed by atoms with Gasteiger partial charge in [-0.15, -0.1) is 11.3 Å². The molecule has 0 unspecified atom stereocenters. The molecule has 0 saturated carbocycles. The van der Waals surface area contributed by atoms with E-state index in [9.17, 15) is 4.79 Å². The molecule has 0 bridgehead atoms. The van der Waals surface area contributed by atoms with Crippen LogP contribution in [0.4, 0.5) is 5.88 Å². The van der Waals surface area contributed by atoms with Gasteiger partial charge in [-0.1, -0.05) is 17.3 Å². The molecule has 3 aromatic rings. The van der Waals surface area contributed by atoms with E-state index in [1.54, 1.807) is 17.4 Å². The SMILES string of the molecule is Cc1cc(NC(=O)CN2CCC[C@@H]2c2nc3ccccc3s2)on1. The van der Waals surface area contributed by atoms with Crippen molar-refractivity contribution in [1.82, 2.24) is 15.0 Å². The molecule has 2 aromatic heterocycles. The normalized spacial score (nSPS) is 18.3. The number of likely N-dealkylation sites (tertiary alicyclic amines) is 1. The number of nitrogens with one attached hydrogen (secondary N) is 1. The quantitative estimate of drug-likeness (QED) is 0.787. The van der Waals surface area contributed by atoms with Crippen molar-refractivity contribution in [3.63, 3.8) is 0 Å². The van der Waals surface area contributed by atoms with Crippen LogP contribution in [0.1, 0.15) is 29.6 Å². The number of nitrogens with zero attached hydrogens (tertiary/aromatic N) is 3. The Labute approximate surface area is 143 Å². The van der Waals surface area contributed by atoms with Gasteiger partial charge in [-0.25, -0.2) is 4.98 Å². The number of hydrogen-bond acceptors (Lipinski definition) is 6. The summed E-state index contributed by atoms with van der Waals surface area (Å²) in [4.78, 5) is 19.2. The van der Waals surface area contributed by atoms with Gasteiger partial charge in [0, 0.05) is 6.07 Å². The van der Waals surface area contributed by atoms with Crippen molar-refractivity contribution >= 4 is 33.3 Å². The second-order valence-corrected chi connectivity index (χ2v) is 7.09. The molecule has 0 spiro atoms. The molecule has 1 aliphatic heterocycles. The minimum absolute atomic E-state index is 0.0841. The van der Waals surface area contributed by atoms with Crippen molar-refractivity contribution in [2.24, 2.45) is 0 Å². The number of thiazole rings is 1. The molecule has 1 saturated heterocycles. The first kappa shape index (κ1) is 15.3. The Hall–Kier alpha value is -2.25. The van der Waals surface area contributed by atoms with Gasteiger partial charge in [0.2, 0.25) is 11.8 Å². The van der Waals surface area contributed by atoms with Gasteiger partial charge < -0.3 is 4.52 Å². The third-order valence-electron chi connectivity index (χ3n) is 4.20. The van der Waals surface area contributed by atoms with Gasteiger partial charge in [0.05, 0.1) is 28.5 Å². The van der Waals surface area contributed by atoms with Crippen LogP contribution in [0.2, 0.25) is 0 Å². The lowest BCUT2D eigenvalue weighted by atomic mass is 10.2. The number of hydrogen-bond donors (Lipinski definition) is 1. The van der Waals surface area contributed by atoms with Crippen LogP contribution in [0.25, 0.3) is 10.2 Å². The van der Waals surface area contributed by atoms with Gasteiger partial charge in [-0.2, -0.15) is 0 Å². The molecule has 24 heavy (non-hydrogen) atoms. The maximum atomic E-state index is 12.3. The minimum atomic E-state index is -0.0841. The molecule has 1 N–H and O–H groups in total. The molecule has 7 heteroatoms. The van der Waals surface area contributed by atoms with E-state index in [2.05, 4.69) is 21.4 Å². The van der Waals surface area contributed by atoms with Crippen LogP contribution in [0.5, 0.6) is 0 Å². The summed E-state index contributed by atoms with van der Waals surface area (Å²) in [5, 5.41) is 7.63. The third kappa shape index (κ3) is 3.05. The summed E-state index contributed by atoms with van der Waals surface area (Å²) in [7, 11) is 0. The number of benzene rings is 1. The van der Waals surface area contributed by atoms with E-state index >= 15 is 0 Å². The van der Waals surface area contributed by atoms with Crippen LogP contribution in [-0.2, 0) is 4.79 Å². The number of para-hydroxylation sites is 1. The molecule has 6 nitrogen and oxygen atoms in total. The van der Waals surface area contributed by atoms with Crippen LogP contribution < -0.4 is 5.32 Å². The molecule has 3 heterocycles. The first-order chi connectivity index (χ1) is 11.7. The Balaban J connectivity index is 1.47. The van der Waals surface area contributed by atoms with E-state index in [1.807, 2.05) is 25.1 Å². The molecular weight excluding hydrogens is 324 g/mol. The standard InChI is InChI=1S/C17H18N4O2S/c1-11-9-16(23-20-11)19-15(22)10-21-8-4-6-13(21)17-18-12-5-2-3-7-14(12)24-17/h2-3,5,7,9,13H,4,6,8,10H2,1H3,(H,19,22)/t13-/m1/s1. The summed E-state index contributed by atoms with van der Waals surface area (Å²) in [6.07, 6.45) is 2.11. The summed E-state index contributed by atoms with van der Waals surface area (Å²) in [6.45, 7) is 3.06. The Bertz CT molecular complexity index is 839. The summed E-state index contributed by atoms with van der Waals surface area (Å²) in [6, 6.07) is 10.1. The largest absolute Gasteiger partial charge is 0.338 e. The average molecular weight is 342 g/mol. The molecule has 4 rings (SSSR count). The fraction of sp³-hybridized carbons (Fsp3) is 0.353. The zero-order valence-corrected chi connectivity index (χ0v) is 14.2. The Kier molecular flexibility index (Phi) is 4.03. The number of carbonyl (C=O) groups excluding carboxylic acids is 1. The second-order valence-electron chi connectivity index (χ2n) is 6.03. The minimum Gasteiger partial charge on any atom is -0.338 e. The second kappa shape index (κ2) is 6.33. The smallest absolute Gasteiger partial charge is 0.240 e. The first-order valence-corrected chi connectivity index (χ1v) is 8.83. The number of aryl methyl sites for hydroxylation is 1. The molecule has 1 amide bonds. The highest BCUT2D eigenvalue weighted by Gasteiger charge is 2.30. The van der Waals surface area contributed by atoms with Crippen molar-refractivity contribution in [3.8, 4) is 0 Å². The first-order valence-electron chi connectivity index (χ1n) is 8.02. The van der Waals surface area contributed by atoms with Gasteiger partial charge >= 0.3 is 0 Å². The van der Waals surface area contributed by atoms with Gasteiger partial charge in [0.25, 0.3) is 0 Å². The van der Waals surface area contributed by atoms with Crippen LogP contribution in [0.3, 0.4) is 0 Å². The van der Waals surface area contributed by atoms with E-state index in [4.69, 9.17) is 9.51 Å². The zero-order chi connectivity index (χ0) is 16.5. The van der Waals surface area contributed by atoms with Crippen LogP contribution >= 0.6 is 11.3 Å². The third-order valence-corrected chi connectivity index (χ3v) is 5.33. The number of carbonyl (C=O) groups is 1. The molecule has 1 atom stereocenters. The van der Waals surface area contributed by atoms with Gasteiger partial charge in [0.1, 0.15) is 5.01 Å². The van der Waals surface area contributed by atoms with E-state index in [0.29, 0.717) is 12.4 Å². The van der Waals surface area contributed by atoms with Gasteiger partial charge in [-0.05, 0) is 38.4 Å². The number of fused-ring (bicyclic) bond motifs is 1. The number of anilines is 1. The zero-order valence-electron chi connectivity index (χ0n) is 13.4. The van der Waals surface area contributed by atoms with Gasteiger partial charge in [-0.3, -0.25) is 15.0 Å². The molecule has 1 aliphatic rings. The maximum Gasteiger partial charge on any atom is 0.240 e. The molecule has 124 valence electrons. The van der Waals surface area contributed by atoms with Crippen molar-refractivity contribution in [3.05, 3.63) is 41.0 Å². The van der Waals surface area contributed by atoms with Crippen molar-refractivity contribution < 1.29 is 9.32 Å². The van der Waals surface area contributed by atoms with E-state index in [0.717, 1.165) is 35.6 Å². The fourth-order valence-electron chi connectivity index (χ4n) is 3.11. The summed E-state index contributed by atoms with van der Waals surface area (Å²) in [5.41, 5.74) is 1.78. The Morgan fingerprint density at radius 2 is 2.33 bits per heavy atom. The highest BCUT2D eigenvalue weighted by molar-refractivity contribution is 7.18. The molecule has 1 fully saturated rings. The van der Waals surface area contributed by atoms with Crippen molar-refractivity contribution in [2.75, 3.05) is 18.4 Å². The van der Waals surface area contributed by atoms with Crippen LogP contribution in [0, 0.1) is 6.92 Å².